The molecule has 2 aromatic rings. The van der Waals surface area contributed by atoms with Crippen LogP contribution in [0.5, 0.6) is 11.5 Å². The highest BCUT2D eigenvalue weighted by Gasteiger charge is 2.14. The van der Waals surface area contributed by atoms with Gasteiger partial charge in [-0.05, 0) is 42.7 Å². The zero-order chi connectivity index (χ0) is 20.5. The second kappa shape index (κ2) is 10.8. The molecule has 0 aromatic heterocycles. The Morgan fingerprint density at radius 2 is 1.75 bits per heavy atom. The molecule has 2 rings (SSSR count). The van der Waals surface area contributed by atoms with Crippen LogP contribution in [0.4, 0.5) is 0 Å². The standard InChI is InChI=1S/C20H22Cl2N2O4/c1-13(2)9-10-27-17-6-4-3-5-15(17)20(26)24-23-19(25)12-28-18-8-7-14(21)11-16(18)22/h3-8,11,13H,9-10,12H2,1-2H3,(H,23,25)(H,24,26). The second-order valence-corrected chi connectivity index (χ2v) is 7.24. The van der Waals surface area contributed by atoms with Crippen LogP contribution in [-0.4, -0.2) is 25.0 Å². The van der Waals surface area contributed by atoms with Gasteiger partial charge in [-0.2, -0.15) is 0 Å². The molecule has 0 aliphatic heterocycles. The van der Waals surface area contributed by atoms with Crippen LogP contribution in [-0.2, 0) is 4.79 Å². The lowest BCUT2D eigenvalue weighted by Crippen LogP contribution is -2.44. The Morgan fingerprint density at radius 3 is 2.46 bits per heavy atom. The molecule has 0 bridgehead atoms. The lowest BCUT2D eigenvalue weighted by atomic mass is 10.1. The van der Waals surface area contributed by atoms with Gasteiger partial charge in [-0.3, -0.25) is 20.4 Å². The van der Waals surface area contributed by atoms with E-state index < -0.39 is 11.8 Å². The number of hydrazine groups is 1. The molecule has 6 nitrogen and oxygen atoms in total. The van der Waals surface area contributed by atoms with Crippen LogP contribution in [0.2, 0.25) is 10.0 Å². The summed E-state index contributed by atoms with van der Waals surface area (Å²) in [5.74, 6) is 0.237. The van der Waals surface area contributed by atoms with Gasteiger partial charge in [0.05, 0.1) is 17.2 Å². The van der Waals surface area contributed by atoms with Crippen LogP contribution in [0.15, 0.2) is 42.5 Å². The van der Waals surface area contributed by atoms with Crippen LogP contribution >= 0.6 is 23.2 Å². The number of para-hydroxylation sites is 1. The van der Waals surface area contributed by atoms with Gasteiger partial charge in [0.1, 0.15) is 11.5 Å². The van der Waals surface area contributed by atoms with Gasteiger partial charge in [0.15, 0.2) is 6.61 Å². The van der Waals surface area contributed by atoms with Crippen molar-refractivity contribution < 1.29 is 19.1 Å². The van der Waals surface area contributed by atoms with Crippen LogP contribution in [0.25, 0.3) is 0 Å². The van der Waals surface area contributed by atoms with Crippen molar-refractivity contribution in [3.63, 3.8) is 0 Å². The van der Waals surface area contributed by atoms with Gasteiger partial charge in [0.2, 0.25) is 0 Å². The van der Waals surface area contributed by atoms with Gasteiger partial charge in [0.25, 0.3) is 11.8 Å². The number of benzene rings is 2. The maximum Gasteiger partial charge on any atom is 0.276 e. The Hall–Kier alpha value is -2.44. The van der Waals surface area contributed by atoms with Crippen LogP contribution in [0, 0.1) is 5.92 Å². The second-order valence-electron chi connectivity index (χ2n) is 6.39. The maximum absolute atomic E-state index is 12.4. The number of carbonyl (C=O) groups is 2. The topological polar surface area (TPSA) is 76.7 Å². The minimum atomic E-state index is -0.544. The number of ether oxygens (including phenoxy) is 2. The Bertz CT molecular complexity index is 828. The normalized spacial score (nSPS) is 10.5. The zero-order valence-corrected chi connectivity index (χ0v) is 17.1. The molecular formula is C20H22Cl2N2O4. The molecule has 0 aliphatic carbocycles. The van der Waals surface area contributed by atoms with E-state index in [0.29, 0.717) is 34.6 Å². The Balaban J connectivity index is 1.85. The molecule has 8 heteroatoms. The van der Waals surface area contributed by atoms with Gasteiger partial charge in [-0.15, -0.1) is 0 Å². The molecular weight excluding hydrogens is 403 g/mol. The average molecular weight is 425 g/mol. The third-order valence-corrected chi connectivity index (χ3v) is 4.18. The molecule has 2 aromatic carbocycles. The first-order valence-electron chi connectivity index (χ1n) is 8.75. The van der Waals surface area contributed by atoms with Crippen molar-refractivity contribution >= 4 is 35.0 Å². The summed E-state index contributed by atoms with van der Waals surface area (Å²) in [5, 5.41) is 0.750. The van der Waals surface area contributed by atoms with E-state index in [4.69, 9.17) is 32.7 Å². The highest BCUT2D eigenvalue weighted by molar-refractivity contribution is 6.35. The van der Waals surface area contributed by atoms with Gasteiger partial charge in [-0.25, -0.2) is 0 Å². The Morgan fingerprint density at radius 1 is 1.00 bits per heavy atom. The van der Waals surface area contributed by atoms with Gasteiger partial charge in [-0.1, -0.05) is 49.2 Å². The molecule has 28 heavy (non-hydrogen) atoms. The van der Waals surface area contributed by atoms with Crippen molar-refractivity contribution in [3.05, 3.63) is 58.1 Å². The molecule has 0 aliphatic rings. The van der Waals surface area contributed by atoms with Crippen molar-refractivity contribution in [2.24, 2.45) is 5.92 Å². The summed E-state index contributed by atoms with van der Waals surface area (Å²) >= 11 is 11.8. The fourth-order valence-corrected chi connectivity index (χ4v) is 2.61. The van der Waals surface area contributed by atoms with Crippen molar-refractivity contribution in [3.8, 4) is 11.5 Å². The molecule has 0 heterocycles. The van der Waals surface area contributed by atoms with Crippen LogP contribution < -0.4 is 20.3 Å². The monoisotopic (exact) mass is 424 g/mol. The summed E-state index contributed by atoms with van der Waals surface area (Å²) in [7, 11) is 0. The molecule has 0 atom stereocenters. The zero-order valence-electron chi connectivity index (χ0n) is 15.6. The first-order chi connectivity index (χ1) is 13.4. The molecule has 0 saturated heterocycles. The third kappa shape index (κ3) is 6.94. The third-order valence-electron chi connectivity index (χ3n) is 3.65. The minimum absolute atomic E-state index is 0.289. The predicted molar refractivity (Wildman–Crippen MR) is 109 cm³/mol. The fourth-order valence-electron chi connectivity index (χ4n) is 2.15. The van der Waals surface area contributed by atoms with Crippen LogP contribution in [0.1, 0.15) is 30.6 Å². The average Bonchev–Trinajstić information content (AvgIpc) is 2.65. The number of carbonyl (C=O) groups excluding carboxylic acids is 2. The SMILES string of the molecule is CC(C)CCOc1ccccc1C(=O)NNC(=O)COc1ccc(Cl)cc1Cl. The van der Waals surface area contributed by atoms with E-state index in [1.165, 1.54) is 6.07 Å². The molecule has 0 saturated carbocycles. The lowest BCUT2D eigenvalue weighted by Gasteiger charge is -2.13. The molecule has 0 fully saturated rings. The van der Waals surface area contributed by atoms with E-state index in [-0.39, 0.29) is 11.6 Å². The highest BCUT2D eigenvalue weighted by atomic mass is 35.5. The molecule has 2 N–H and O–H groups in total. The van der Waals surface area contributed by atoms with Crippen LogP contribution in [0.3, 0.4) is 0 Å². The summed E-state index contributed by atoms with van der Waals surface area (Å²) in [4.78, 5) is 24.3. The summed E-state index contributed by atoms with van der Waals surface area (Å²) in [6, 6.07) is 11.5. The molecule has 0 spiro atoms. The quantitative estimate of drug-likeness (QED) is 0.620. The number of amides is 2. The van der Waals surface area contributed by atoms with Gasteiger partial charge < -0.3 is 9.47 Å². The van der Waals surface area contributed by atoms with Crippen molar-refractivity contribution in [2.75, 3.05) is 13.2 Å². The summed E-state index contributed by atoms with van der Waals surface area (Å²) < 4.78 is 11.0. The highest BCUT2D eigenvalue weighted by Crippen LogP contribution is 2.27. The fraction of sp³-hybridized carbons (Fsp3) is 0.300. The van der Waals surface area contributed by atoms with Crippen molar-refractivity contribution in [1.29, 1.82) is 0 Å². The van der Waals surface area contributed by atoms with E-state index in [1.54, 1.807) is 36.4 Å². The number of halogens is 2. The van der Waals surface area contributed by atoms with E-state index in [0.717, 1.165) is 6.42 Å². The predicted octanol–water partition coefficient (Wildman–Crippen LogP) is 4.26. The summed E-state index contributed by atoms with van der Waals surface area (Å²) in [6.45, 7) is 4.37. The smallest absolute Gasteiger partial charge is 0.276 e. The Labute approximate surface area is 174 Å². The van der Waals surface area contributed by atoms with Gasteiger partial charge in [0, 0.05) is 5.02 Å². The first-order valence-corrected chi connectivity index (χ1v) is 9.51. The number of nitrogens with one attached hydrogen (secondary N) is 2. The minimum Gasteiger partial charge on any atom is -0.493 e. The van der Waals surface area contributed by atoms with E-state index in [9.17, 15) is 9.59 Å². The number of hydrogen-bond acceptors (Lipinski definition) is 4. The van der Waals surface area contributed by atoms with Crippen molar-refractivity contribution in [2.45, 2.75) is 20.3 Å². The molecule has 0 radical (unpaired) electrons. The summed E-state index contributed by atoms with van der Waals surface area (Å²) in [5.41, 5.74) is 4.97. The maximum atomic E-state index is 12.4. The van der Waals surface area contributed by atoms with Crippen molar-refractivity contribution in [1.82, 2.24) is 10.9 Å². The molecule has 0 unspecified atom stereocenters. The number of rotatable bonds is 8. The van der Waals surface area contributed by atoms with E-state index in [1.807, 2.05) is 0 Å². The van der Waals surface area contributed by atoms with Gasteiger partial charge >= 0.3 is 0 Å². The van der Waals surface area contributed by atoms with E-state index in [2.05, 4.69) is 24.7 Å². The van der Waals surface area contributed by atoms with E-state index >= 15 is 0 Å². The molecule has 150 valence electrons. The molecule has 2 amide bonds. The largest absolute Gasteiger partial charge is 0.493 e. The number of hydrogen-bond donors (Lipinski definition) is 2. The first kappa shape index (κ1) is 21.9. The Kier molecular flexibility index (Phi) is 8.42. The lowest BCUT2D eigenvalue weighted by molar-refractivity contribution is -0.123. The summed E-state index contributed by atoms with van der Waals surface area (Å²) in [6.07, 6.45) is 0.872.